The fraction of sp³-hybridized carbons (Fsp3) is 0.375. The van der Waals surface area contributed by atoms with Crippen LogP contribution in [0.1, 0.15) is 18.4 Å². The van der Waals surface area contributed by atoms with E-state index in [0.29, 0.717) is 16.1 Å². The number of aromatic nitrogens is 2. The molecule has 1 aliphatic rings. The van der Waals surface area contributed by atoms with Gasteiger partial charge in [0.15, 0.2) is 5.82 Å². The lowest BCUT2D eigenvalue weighted by molar-refractivity contribution is 0.419. The number of piperidine rings is 1. The Kier molecular flexibility index (Phi) is 5.13. The molecule has 4 nitrogen and oxygen atoms in total. The van der Waals surface area contributed by atoms with Gasteiger partial charge >= 0.3 is 0 Å². The van der Waals surface area contributed by atoms with E-state index in [2.05, 4.69) is 20.4 Å². The van der Waals surface area contributed by atoms with Gasteiger partial charge in [-0.25, -0.2) is 0 Å². The number of rotatable bonds is 4. The second kappa shape index (κ2) is 7.27. The summed E-state index contributed by atoms with van der Waals surface area (Å²) in [5, 5.41) is 13.0. The molecule has 116 valence electrons. The van der Waals surface area contributed by atoms with E-state index in [-0.39, 0.29) is 0 Å². The van der Waals surface area contributed by atoms with Gasteiger partial charge in [-0.3, -0.25) is 0 Å². The molecule has 0 saturated carbocycles. The summed E-state index contributed by atoms with van der Waals surface area (Å²) in [5.41, 5.74) is 1.03. The van der Waals surface area contributed by atoms with Crippen molar-refractivity contribution in [1.29, 1.82) is 0 Å². The highest BCUT2D eigenvalue weighted by Crippen LogP contribution is 2.25. The van der Waals surface area contributed by atoms with Crippen LogP contribution in [0.15, 0.2) is 36.5 Å². The Bertz CT molecular complexity index is 621. The first-order chi connectivity index (χ1) is 10.7. The Hall–Kier alpha value is -1.36. The summed E-state index contributed by atoms with van der Waals surface area (Å²) in [6.07, 6.45) is 3.98. The molecule has 6 heteroatoms. The highest BCUT2D eigenvalue weighted by molar-refractivity contribution is 6.42. The lowest BCUT2D eigenvalue weighted by Crippen LogP contribution is -2.45. The molecular formula is C16H18Cl2N4. The average Bonchev–Trinajstić information content (AvgIpc) is 2.57. The maximum absolute atomic E-state index is 6.23. The summed E-state index contributed by atoms with van der Waals surface area (Å²) in [6, 6.07) is 10.1. The lowest BCUT2D eigenvalue weighted by atomic mass is 10.1. The lowest BCUT2D eigenvalue weighted by Gasteiger charge is -2.33. The largest absolute Gasteiger partial charge is 0.354 e. The molecule has 22 heavy (non-hydrogen) atoms. The van der Waals surface area contributed by atoms with Crippen LogP contribution in [-0.2, 0) is 6.54 Å². The summed E-state index contributed by atoms with van der Waals surface area (Å²) in [7, 11) is 0. The summed E-state index contributed by atoms with van der Waals surface area (Å²) >= 11 is 12.3. The molecule has 1 unspecified atom stereocenters. The van der Waals surface area contributed by atoms with Crippen LogP contribution in [-0.4, -0.2) is 29.3 Å². The number of nitrogens with one attached hydrogen (secondary N) is 1. The van der Waals surface area contributed by atoms with Crippen molar-refractivity contribution in [1.82, 2.24) is 15.5 Å². The molecule has 0 bridgehead atoms. The second-order valence-electron chi connectivity index (χ2n) is 5.46. The van der Waals surface area contributed by atoms with E-state index in [1.54, 1.807) is 6.20 Å². The first-order valence-electron chi connectivity index (χ1n) is 7.43. The van der Waals surface area contributed by atoms with Crippen molar-refractivity contribution < 1.29 is 0 Å². The minimum atomic E-state index is 0.408. The number of hydrogen-bond donors (Lipinski definition) is 1. The van der Waals surface area contributed by atoms with E-state index >= 15 is 0 Å². The predicted octanol–water partition coefficient (Wildman–Crippen LogP) is 3.54. The molecular weight excluding hydrogens is 319 g/mol. The highest BCUT2D eigenvalue weighted by atomic mass is 35.5. The van der Waals surface area contributed by atoms with E-state index in [0.717, 1.165) is 43.9 Å². The smallest absolute Gasteiger partial charge is 0.151 e. The molecule has 0 radical (unpaired) electrons. The van der Waals surface area contributed by atoms with E-state index in [1.807, 2.05) is 30.3 Å². The molecule has 2 aromatic rings. The van der Waals surface area contributed by atoms with Crippen molar-refractivity contribution in [3.05, 3.63) is 52.1 Å². The van der Waals surface area contributed by atoms with Crippen LogP contribution < -0.4 is 10.2 Å². The zero-order valence-corrected chi connectivity index (χ0v) is 13.7. The Morgan fingerprint density at radius 3 is 2.95 bits per heavy atom. The third kappa shape index (κ3) is 3.69. The van der Waals surface area contributed by atoms with Gasteiger partial charge in [0.05, 0.1) is 10.0 Å². The van der Waals surface area contributed by atoms with E-state index in [4.69, 9.17) is 23.2 Å². The zero-order chi connectivity index (χ0) is 15.4. The first-order valence-corrected chi connectivity index (χ1v) is 8.18. The van der Waals surface area contributed by atoms with Gasteiger partial charge in [-0.1, -0.05) is 35.3 Å². The van der Waals surface area contributed by atoms with E-state index < -0.39 is 0 Å². The number of nitrogens with zero attached hydrogens (tertiary/aromatic N) is 3. The fourth-order valence-electron chi connectivity index (χ4n) is 2.75. The van der Waals surface area contributed by atoms with Gasteiger partial charge in [-0.05, 0) is 36.6 Å². The van der Waals surface area contributed by atoms with Crippen molar-refractivity contribution in [2.45, 2.75) is 25.4 Å². The number of anilines is 1. The normalized spacial score (nSPS) is 18.5. The molecule has 2 heterocycles. The van der Waals surface area contributed by atoms with Gasteiger partial charge in [-0.15, -0.1) is 5.10 Å². The van der Waals surface area contributed by atoms with Crippen LogP contribution in [0.25, 0.3) is 0 Å². The Morgan fingerprint density at radius 2 is 2.14 bits per heavy atom. The standard InChI is InChI=1S/C16H18Cl2N4/c17-14-6-1-4-12(16(14)18)10-19-13-5-3-9-22(11-13)15-7-2-8-20-21-15/h1-2,4,6-8,13,19H,3,5,9-11H2. The second-order valence-corrected chi connectivity index (χ2v) is 6.25. The molecule has 1 aromatic heterocycles. The Balaban J connectivity index is 1.60. The molecule has 3 rings (SSSR count). The maximum Gasteiger partial charge on any atom is 0.151 e. The summed E-state index contributed by atoms with van der Waals surface area (Å²) in [5.74, 6) is 0.940. The Morgan fingerprint density at radius 1 is 1.23 bits per heavy atom. The maximum atomic E-state index is 6.23. The van der Waals surface area contributed by atoms with Crippen LogP contribution in [0.4, 0.5) is 5.82 Å². The van der Waals surface area contributed by atoms with Gasteiger partial charge in [0, 0.05) is 31.9 Å². The van der Waals surface area contributed by atoms with Gasteiger partial charge in [0.1, 0.15) is 0 Å². The van der Waals surface area contributed by atoms with E-state index in [1.165, 1.54) is 0 Å². The molecule has 1 N–H and O–H groups in total. The average molecular weight is 337 g/mol. The van der Waals surface area contributed by atoms with Crippen molar-refractivity contribution in [2.75, 3.05) is 18.0 Å². The molecule has 1 aromatic carbocycles. The molecule has 1 aliphatic heterocycles. The summed E-state index contributed by atoms with van der Waals surface area (Å²) in [6.45, 7) is 2.67. The molecule has 1 fully saturated rings. The predicted molar refractivity (Wildman–Crippen MR) is 90.6 cm³/mol. The highest BCUT2D eigenvalue weighted by Gasteiger charge is 2.20. The number of halogens is 2. The van der Waals surface area contributed by atoms with Crippen LogP contribution in [0, 0.1) is 0 Å². The molecule has 1 saturated heterocycles. The van der Waals surface area contributed by atoms with Crippen molar-refractivity contribution in [2.24, 2.45) is 0 Å². The van der Waals surface area contributed by atoms with Crippen molar-refractivity contribution >= 4 is 29.0 Å². The number of hydrogen-bond acceptors (Lipinski definition) is 4. The summed E-state index contributed by atoms with van der Waals surface area (Å²) in [4.78, 5) is 2.27. The molecule has 0 aliphatic carbocycles. The molecule has 0 amide bonds. The molecule has 1 atom stereocenters. The summed E-state index contributed by atoms with van der Waals surface area (Å²) < 4.78 is 0. The first kappa shape index (κ1) is 15.5. The number of benzene rings is 1. The van der Waals surface area contributed by atoms with Crippen LogP contribution in [0.3, 0.4) is 0 Å². The zero-order valence-electron chi connectivity index (χ0n) is 12.2. The van der Waals surface area contributed by atoms with Crippen molar-refractivity contribution in [3.63, 3.8) is 0 Å². The fourth-order valence-corrected chi connectivity index (χ4v) is 3.14. The topological polar surface area (TPSA) is 41.0 Å². The van der Waals surface area contributed by atoms with Crippen molar-refractivity contribution in [3.8, 4) is 0 Å². The minimum absolute atomic E-state index is 0.408. The van der Waals surface area contributed by atoms with Gasteiger partial charge in [-0.2, -0.15) is 5.10 Å². The van der Waals surface area contributed by atoms with E-state index in [9.17, 15) is 0 Å². The van der Waals surface area contributed by atoms with Gasteiger partial charge in [0.2, 0.25) is 0 Å². The van der Waals surface area contributed by atoms with Crippen LogP contribution in [0.5, 0.6) is 0 Å². The minimum Gasteiger partial charge on any atom is -0.354 e. The van der Waals surface area contributed by atoms with Crippen LogP contribution in [0.2, 0.25) is 10.0 Å². The van der Waals surface area contributed by atoms with Gasteiger partial charge < -0.3 is 10.2 Å². The monoisotopic (exact) mass is 336 g/mol. The van der Waals surface area contributed by atoms with Gasteiger partial charge in [0.25, 0.3) is 0 Å². The SMILES string of the molecule is Clc1cccc(CNC2CCCN(c3cccnn3)C2)c1Cl. The Labute approximate surface area is 140 Å². The quantitative estimate of drug-likeness (QED) is 0.927. The third-order valence-electron chi connectivity index (χ3n) is 3.92. The molecule has 0 spiro atoms. The third-order valence-corrected chi connectivity index (χ3v) is 4.77. The van der Waals surface area contributed by atoms with Crippen LogP contribution >= 0.6 is 23.2 Å².